The number of anilines is 2. The zero-order valence-corrected chi connectivity index (χ0v) is 11.4. The van der Waals surface area contributed by atoms with Crippen LogP contribution in [0.25, 0.3) is 0 Å². The highest BCUT2D eigenvalue weighted by Gasteiger charge is 2.17. The molecule has 0 bridgehead atoms. The Morgan fingerprint density at radius 3 is 2.74 bits per heavy atom. The number of nitrogens with zero attached hydrogens (tertiary/aromatic N) is 1. The quantitative estimate of drug-likeness (QED) is 0.896. The Labute approximate surface area is 115 Å². The predicted molar refractivity (Wildman–Crippen MR) is 82.0 cm³/mol. The third-order valence-electron chi connectivity index (χ3n) is 3.83. The molecule has 3 rings (SSSR count). The molecule has 2 nitrogen and oxygen atoms in total. The first-order valence-corrected chi connectivity index (χ1v) is 6.97. The van der Waals surface area contributed by atoms with Gasteiger partial charge in [-0.3, -0.25) is 0 Å². The summed E-state index contributed by atoms with van der Waals surface area (Å²) in [6.07, 6.45) is 1.18. The molecular weight excluding hydrogens is 232 g/mol. The van der Waals surface area contributed by atoms with Crippen molar-refractivity contribution in [3.05, 3.63) is 59.7 Å². The lowest BCUT2D eigenvalue weighted by molar-refractivity contribution is 0.838. The van der Waals surface area contributed by atoms with Crippen molar-refractivity contribution in [3.63, 3.8) is 0 Å². The second-order valence-electron chi connectivity index (χ2n) is 5.11. The molecule has 98 valence electrons. The van der Waals surface area contributed by atoms with Gasteiger partial charge in [0.2, 0.25) is 0 Å². The van der Waals surface area contributed by atoms with Crippen LogP contribution in [-0.2, 0) is 6.42 Å². The molecule has 0 spiro atoms. The summed E-state index contributed by atoms with van der Waals surface area (Å²) < 4.78 is 0. The monoisotopic (exact) mass is 252 g/mol. The summed E-state index contributed by atoms with van der Waals surface area (Å²) in [5.41, 5.74) is 5.45. The summed E-state index contributed by atoms with van der Waals surface area (Å²) in [5, 5.41) is 3.53. The summed E-state index contributed by atoms with van der Waals surface area (Å²) >= 11 is 0. The third kappa shape index (κ3) is 2.58. The molecule has 0 amide bonds. The minimum absolute atomic E-state index is 0.985. The molecular formula is C17H20N2. The van der Waals surface area contributed by atoms with Crippen LogP contribution in [0.1, 0.15) is 11.1 Å². The van der Waals surface area contributed by atoms with Crippen molar-refractivity contribution in [2.45, 2.75) is 13.3 Å². The molecule has 1 aliphatic rings. The highest BCUT2D eigenvalue weighted by Crippen LogP contribution is 2.26. The third-order valence-corrected chi connectivity index (χ3v) is 3.83. The predicted octanol–water partition coefficient (Wildman–Crippen LogP) is 3.47. The van der Waals surface area contributed by atoms with Crippen LogP contribution in [0.4, 0.5) is 11.4 Å². The Hall–Kier alpha value is -1.96. The molecule has 0 aromatic heterocycles. The summed E-state index contributed by atoms with van der Waals surface area (Å²) in [6, 6.07) is 17.2. The lowest BCUT2D eigenvalue weighted by Gasteiger charge is -2.20. The lowest BCUT2D eigenvalue weighted by Crippen LogP contribution is -2.27. The number of fused-ring (bicyclic) bond motifs is 1. The van der Waals surface area contributed by atoms with Crippen LogP contribution >= 0.6 is 0 Å². The first kappa shape index (κ1) is 12.1. The van der Waals surface area contributed by atoms with Crippen molar-refractivity contribution in [2.75, 3.05) is 29.9 Å². The van der Waals surface area contributed by atoms with Crippen molar-refractivity contribution in [1.82, 2.24) is 0 Å². The first-order chi connectivity index (χ1) is 9.34. The minimum Gasteiger partial charge on any atom is -0.383 e. The molecule has 0 saturated heterocycles. The van der Waals surface area contributed by atoms with Crippen molar-refractivity contribution < 1.29 is 0 Å². The van der Waals surface area contributed by atoms with E-state index in [1.54, 1.807) is 0 Å². The number of nitrogens with one attached hydrogen (secondary N) is 1. The van der Waals surface area contributed by atoms with Crippen LogP contribution in [-0.4, -0.2) is 19.6 Å². The number of para-hydroxylation sites is 2. The van der Waals surface area contributed by atoms with Gasteiger partial charge >= 0.3 is 0 Å². The van der Waals surface area contributed by atoms with Gasteiger partial charge in [-0.05, 0) is 36.6 Å². The molecule has 0 saturated carbocycles. The van der Waals surface area contributed by atoms with Crippen LogP contribution in [0.5, 0.6) is 0 Å². The standard InChI is InChI=1S/C17H20N2/c1-14-6-2-4-8-16(14)18-11-13-19-12-10-15-7-3-5-9-17(15)19/h2-9,18H,10-13H2,1H3. The summed E-state index contributed by atoms with van der Waals surface area (Å²) in [4.78, 5) is 2.47. The van der Waals surface area contributed by atoms with Crippen molar-refractivity contribution >= 4 is 11.4 Å². The molecule has 19 heavy (non-hydrogen) atoms. The van der Waals surface area contributed by atoms with Crippen LogP contribution < -0.4 is 10.2 Å². The van der Waals surface area contributed by atoms with E-state index in [4.69, 9.17) is 0 Å². The van der Waals surface area contributed by atoms with E-state index < -0.39 is 0 Å². The number of benzene rings is 2. The summed E-state index contributed by atoms with van der Waals surface area (Å²) in [5.74, 6) is 0. The molecule has 2 aromatic rings. The number of aryl methyl sites for hydroxylation is 1. The molecule has 0 atom stereocenters. The zero-order valence-electron chi connectivity index (χ0n) is 11.4. The van der Waals surface area contributed by atoms with Gasteiger partial charge in [0, 0.05) is 31.0 Å². The fourth-order valence-corrected chi connectivity index (χ4v) is 2.74. The fraction of sp³-hybridized carbons (Fsp3) is 0.294. The normalized spacial score (nSPS) is 13.4. The first-order valence-electron chi connectivity index (χ1n) is 6.97. The maximum Gasteiger partial charge on any atom is 0.0400 e. The van der Waals surface area contributed by atoms with Gasteiger partial charge in [-0.2, -0.15) is 0 Å². The number of hydrogen-bond acceptors (Lipinski definition) is 2. The molecule has 1 aliphatic heterocycles. The number of rotatable bonds is 4. The Bertz CT molecular complexity index is 563. The average molecular weight is 252 g/mol. The van der Waals surface area contributed by atoms with E-state index in [1.807, 2.05) is 0 Å². The maximum atomic E-state index is 3.53. The topological polar surface area (TPSA) is 15.3 Å². The van der Waals surface area contributed by atoms with Gasteiger partial charge in [0.1, 0.15) is 0 Å². The molecule has 0 radical (unpaired) electrons. The van der Waals surface area contributed by atoms with Crippen molar-refractivity contribution in [1.29, 1.82) is 0 Å². The van der Waals surface area contributed by atoms with Crippen LogP contribution in [0.3, 0.4) is 0 Å². The highest BCUT2D eigenvalue weighted by molar-refractivity contribution is 5.58. The van der Waals surface area contributed by atoms with Crippen molar-refractivity contribution in [3.8, 4) is 0 Å². The molecule has 2 heteroatoms. The molecule has 1 heterocycles. The van der Waals surface area contributed by atoms with E-state index in [1.165, 1.54) is 28.9 Å². The zero-order chi connectivity index (χ0) is 13.1. The Morgan fingerprint density at radius 1 is 1.05 bits per heavy atom. The molecule has 1 N–H and O–H groups in total. The van der Waals surface area contributed by atoms with Crippen LogP contribution in [0.2, 0.25) is 0 Å². The SMILES string of the molecule is Cc1ccccc1NCCN1CCc2ccccc21. The van der Waals surface area contributed by atoms with Crippen LogP contribution in [0, 0.1) is 6.92 Å². The number of hydrogen-bond donors (Lipinski definition) is 1. The van der Waals surface area contributed by atoms with Gasteiger partial charge in [-0.25, -0.2) is 0 Å². The van der Waals surface area contributed by atoms with Gasteiger partial charge in [-0.15, -0.1) is 0 Å². The molecule has 0 fully saturated rings. The fourth-order valence-electron chi connectivity index (χ4n) is 2.74. The largest absolute Gasteiger partial charge is 0.383 e. The van der Waals surface area contributed by atoms with Gasteiger partial charge < -0.3 is 10.2 Å². The molecule has 0 aliphatic carbocycles. The lowest BCUT2D eigenvalue weighted by atomic mass is 10.2. The van der Waals surface area contributed by atoms with Crippen LogP contribution in [0.15, 0.2) is 48.5 Å². The second-order valence-corrected chi connectivity index (χ2v) is 5.11. The minimum atomic E-state index is 0.985. The molecule has 2 aromatic carbocycles. The Kier molecular flexibility index (Phi) is 3.41. The Morgan fingerprint density at radius 2 is 1.84 bits per heavy atom. The summed E-state index contributed by atoms with van der Waals surface area (Å²) in [7, 11) is 0. The van der Waals surface area contributed by atoms with E-state index in [0.717, 1.165) is 19.6 Å². The average Bonchev–Trinajstić information content (AvgIpc) is 2.85. The van der Waals surface area contributed by atoms with Gasteiger partial charge in [-0.1, -0.05) is 36.4 Å². The van der Waals surface area contributed by atoms with E-state index in [2.05, 4.69) is 65.7 Å². The van der Waals surface area contributed by atoms with E-state index in [9.17, 15) is 0 Å². The molecule has 0 unspecified atom stereocenters. The van der Waals surface area contributed by atoms with E-state index in [0.29, 0.717) is 0 Å². The summed E-state index contributed by atoms with van der Waals surface area (Å²) in [6.45, 7) is 5.34. The van der Waals surface area contributed by atoms with Crippen molar-refractivity contribution in [2.24, 2.45) is 0 Å². The highest BCUT2D eigenvalue weighted by atomic mass is 15.2. The van der Waals surface area contributed by atoms with Gasteiger partial charge in [0.05, 0.1) is 0 Å². The smallest absolute Gasteiger partial charge is 0.0400 e. The van der Waals surface area contributed by atoms with E-state index in [-0.39, 0.29) is 0 Å². The Balaban J connectivity index is 1.58. The second kappa shape index (κ2) is 5.35. The van der Waals surface area contributed by atoms with E-state index >= 15 is 0 Å². The maximum absolute atomic E-state index is 3.53. The van der Waals surface area contributed by atoms with Gasteiger partial charge in [0.25, 0.3) is 0 Å². The van der Waals surface area contributed by atoms with Gasteiger partial charge in [0.15, 0.2) is 0 Å².